The van der Waals surface area contributed by atoms with Crippen LogP contribution in [0.2, 0.25) is 0 Å². The monoisotopic (exact) mass is 270 g/mol. The first-order valence-electron chi connectivity index (χ1n) is 6.29. The fourth-order valence-corrected chi connectivity index (χ4v) is 3.02. The quantitative estimate of drug-likeness (QED) is 0.661. The maximum Gasteiger partial charge on any atom is 0.407 e. The van der Waals surface area contributed by atoms with Crippen LogP contribution in [0.5, 0.6) is 0 Å². The number of rotatable bonds is 3. The maximum absolute atomic E-state index is 11.3. The standard InChI is InChI=1S/C13H22N2O4/c1-12(2,3)10-13(19,7-9(8-16)14-4)5-6-15(10)11(17)18/h10,14,19H,5-7H2,1-4H3,(H,17,18). The molecule has 0 aromatic carbocycles. The molecule has 108 valence electrons. The predicted molar refractivity (Wildman–Crippen MR) is 70.4 cm³/mol. The van der Waals surface area contributed by atoms with Crippen molar-refractivity contribution in [3.05, 3.63) is 5.70 Å². The molecule has 0 aromatic rings. The molecule has 1 amide bonds. The summed E-state index contributed by atoms with van der Waals surface area (Å²) in [7, 11) is 1.58. The average Bonchev–Trinajstić information content (AvgIpc) is 2.64. The Morgan fingerprint density at radius 3 is 2.47 bits per heavy atom. The Morgan fingerprint density at radius 2 is 2.11 bits per heavy atom. The fraction of sp³-hybridized carbons (Fsp3) is 0.769. The first kappa shape index (κ1) is 15.5. The number of aliphatic hydroxyl groups is 1. The molecule has 6 heteroatoms. The molecule has 0 radical (unpaired) electrons. The highest BCUT2D eigenvalue weighted by Crippen LogP contribution is 2.42. The molecule has 2 atom stereocenters. The Kier molecular flexibility index (Phi) is 4.28. The number of hydrogen-bond donors (Lipinski definition) is 3. The van der Waals surface area contributed by atoms with Crippen molar-refractivity contribution in [2.45, 2.75) is 45.3 Å². The van der Waals surface area contributed by atoms with Crippen molar-refractivity contribution in [1.29, 1.82) is 0 Å². The third-order valence-electron chi connectivity index (χ3n) is 3.58. The van der Waals surface area contributed by atoms with Gasteiger partial charge in [-0.2, -0.15) is 0 Å². The van der Waals surface area contributed by atoms with Gasteiger partial charge in [-0.15, -0.1) is 0 Å². The Balaban J connectivity index is 3.12. The third kappa shape index (κ3) is 3.08. The van der Waals surface area contributed by atoms with Crippen LogP contribution >= 0.6 is 0 Å². The Morgan fingerprint density at radius 1 is 1.53 bits per heavy atom. The lowest BCUT2D eigenvalue weighted by molar-refractivity contribution is -0.0367. The van der Waals surface area contributed by atoms with Gasteiger partial charge in [0.15, 0.2) is 0 Å². The maximum atomic E-state index is 11.3. The first-order chi connectivity index (χ1) is 8.65. The molecule has 1 saturated heterocycles. The van der Waals surface area contributed by atoms with Crippen LogP contribution < -0.4 is 5.32 Å². The largest absolute Gasteiger partial charge is 0.465 e. The second-order valence-electron chi connectivity index (χ2n) is 6.11. The van der Waals surface area contributed by atoms with Gasteiger partial charge in [-0.05, 0) is 11.8 Å². The minimum atomic E-state index is -1.24. The zero-order valence-corrected chi connectivity index (χ0v) is 11.9. The summed E-state index contributed by atoms with van der Waals surface area (Å²) in [6, 6.07) is -0.561. The van der Waals surface area contributed by atoms with Crippen LogP contribution in [0.3, 0.4) is 0 Å². The number of nitrogens with one attached hydrogen (secondary N) is 1. The number of nitrogens with zero attached hydrogens (tertiary/aromatic N) is 1. The van der Waals surface area contributed by atoms with Crippen LogP contribution in [-0.4, -0.2) is 52.4 Å². The summed E-state index contributed by atoms with van der Waals surface area (Å²) >= 11 is 0. The van der Waals surface area contributed by atoms with E-state index >= 15 is 0 Å². The molecule has 1 heterocycles. The van der Waals surface area contributed by atoms with Gasteiger partial charge in [0.25, 0.3) is 0 Å². The molecule has 0 bridgehead atoms. The van der Waals surface area contributed by atoms with E-state index in [1.165, 1.54) is 4.90 Å². The number of carbonyl (C=O) groups is 1. The molecule has 3 N–H and O–H groups in total. The van der Waals surface area contributed by atoms with Crippen molar-refractivity contribution >= 4 is 12.0 Å². The highest BCUT2D eigenvalue weighted by Gasteiger charge is 2.53. The fourth-order valence-electron chi connectivity index (χ4n) is 3.02. The molecule has 0 aliphatic carbocycles. The molecule has 1 aliphatic rings. The Bertz CT molecular complexity index is 409. The van der Waals surface area contributed by atoms with Crippen LogP contribution in [0.4, 0.5) is 4.79 Å². The molecule has 1 rings (SSSR count). The molecule has 6 nitrogen and oxygen atoms in total. The van der Waals surface area contributed by atoms with Crippen LogP contribution in [0.25, 0.3) is 0 Å². The topological polar surface area (TPSA) is 89.9 Å². The normalized spacial score (nSPS) is 27.0. The molecule has 0 saturated carbocycles. The number of amides is 1. The average molecular weight is 270 g/mol. The van der Waals surface area contributed by atoms with Crippen LogP contribution in [-0.2, 0) is 4.79 Å². The number of hydrogen-bond acceptors (Lipinski definition) is 4. The highest BCUT2D eigenvalue weighted by atomic mass is 16.4. The van der Waals surface area contributed by atoms with E-state index in [2.05, 4.69) is 5.32 Å². The molecular formula is C13H22N2O4. The van der Waals surface area contributed by atoms with Crippen LogP contribution in [0.1, 0.15) is 33.6 Å². The van der Waals surface area contributed by atoms with Gasteiger partial charge in [0.05, 0.1) is 17.3 Å². The summed E-state index contributed by atoms with van der Waals surface area (Å²) < 4.78 is 0. The van der Waals surface area contributed by atoms with Gasteiger partial charge >= 0.3 is 6.09 Å². The van der Waals surface area contributed by atoms with Gasteiger partial charge in [0.2, 0.25) is 0 Å². The minimum Gasteiger partial charge on any atom is -0.465 e. The molecule has 1 aliphatic heterocycles. The lowest BCUT2D eigenvalue weighted by Crippen LogP contribution is -2.54. The van der Waals surface area contributed by atoms with Gasteiger partial charge in [0, 0.05) is 20.0 Å². The lowest BCUT2D eigenvalue weighted by Gasteiger charge is -2.41. The summed E-state index contributed by atoms with van der Waals surface area (Å²) in [5.41, 5.74) is -1.42. The third-order valence-corrected chi connectivity index (χ3v) is 3.58. The lowest BCUT2D eigenvalue weighted by atomic mass is 9.75. The molecular weight excluding hydrogens is 248 g/mol. The first-order valence-corrected chi connectivity index (χ1v) is 6.29. The summed E-state index contributed by atoms with van der Waals surface area (Å²) in [5.74, 6) is 1.75. The second kappa shape index (κ2) is 5.23. The smallest absolute Gasteiger partial charge is 0.407 e. The summed E-state index contributed by atoms with van der Waals surface area (Å²) in [4.78, 5) is 23.3. The Labute approximate surface area is 113 Å². The summed E-state index contributed by atoms with van der Waals surface area (Å²) in [6.45, 7) is 5.92. The van der Waals surface area contributed by atoms with E-state index in [9.17, 15) is 19.8 Å². The van der Waals surface area contributed by atoms with Crippen LogP contribution in [0, 0.1) is 5.41 Å². The molecule has 0 aromatic heterocycles. The predicted octanol–water partition coefficient (Wildman–Crippen LogP) is 0.841. The van der Waals surface area contributed by atoms with Crippen molar-refractivity contribution in [3.63, 3.8) is 0 Å². The molecule has 1 fully saturated rings. The zero-order chi connectivity index (χ0) is 14.8. The minimum absolute atomic E-state index is 0.0821. The van der Waals surface area contributed by atoms with Gasteiger partial charge in [-0.3, -0.25) is 0 Å². The molecule has 2 unspecified atom stereocenters. The summed E-state index contributed by atoms with van der Waals surface area (Å²) in [6.07, 6.45) is -0.649. The number of carbonyl (C=O) groups excluding carboxylic acids is 1. The van der Waals surface area contributed by atoms with E-state index in [-0.39, 0.29) is 18.7 Å². The summed E-state index contributed by atoms with van der Waals surface area (Å²) in [5, 5.41) is 22.7. The van der Waals surface area contributed by atoms with E-state index in [1.54, 1.807) is 13.0 Å². The number of likely N-dealkylation sites (tertiary alicyclic amines) is 1. The van der Waals surface area contributed by atoms with E-state index < -0.39 is 23.2 Å². The van der Waals surface area contributed by atoms with Gasteiger partial charge in [-0.25, -0.2) is 9.59 Å². The second-order valence-corrected chi connectivity index (χ2v) is 6.11. The van der Waals surface area contributed by atoms with Crippen molar-refractivity contribution in [3.8, 4) is 0 Å². The molecule has 0 spiro atoms. The van der Waals surface area contributed by atoms with Crippen molar-refractivity contribution in [2.24, 2.45) is 5.41 Å². The SMILES string of the molecule is CNC(=C=O)CC1(O)CCN(C(=O)O)C1C(C)(C)C. The van der Waals surface area contributed by atoms with E-state index in [4.69, 9.17) is 0 Å². The Hall–Kier alpha value is -1.52. The van der Waals surface area contributed by atoms with Gasteiger partial charge < -0.3 is 20.4 Å². The highest BCUT2D eigenvalue weighted by molar-refractivity contribution is 5.66. The molecule has 19 heavy (non-hydrogen) atoms. The van der Waals surface area contributed by atoms with Crippen LogP contribution in [0.15, 0.2) is 5.70 Å². The van der Waals surface area contributed by atoms with E-state index in [0.717, 1.165) is 0 Å². The van der Waals surface area contributed by atoms with Crippen molar-refractivity contribution in [2.75, 3.05) is 13.6 Å². The van der Waals surface area contributed by atoms with E-state index in [0.29, 0.717) is 6.42 Å². The van der Waals surface area contributed by atoms with Gasteiger partial charge in [0.1, 0.15) is 5.94 Å². The van der Waals surface area contributed by atoms with E-state index in [1.807, 2.05) is 20.8 Å². The van der Waals surface area contributed by atoms with Crippen molar-refractivity contribution < 1.29 is 19.8 Å². The zero-order valence-electron chi connectivity index (χ0n) is 11.9. The number of carboxylic acid groups (broad SMARTS) is 1. The van der Waals surface area contributed by atoms with Gasteiger partial charge in [-0.1, -0.05) is 20.8 Å². The van der Waals surface area contributed by atoms with Crippen molar-refractivity contribution in [1.82, 2.24) is 10.2 Å².